The van der Waals surface area contributed by atoms with Crippen LogP contribution < -0.4 is 10.2 Å². The number of furan rings is 1. The molecule has 0 aliphatic rings. The summed E-state index contributed by atoms with van der Waals surface area (Å²) in [4.78, 5) is 29.0. The number of H-pyrrole nitrogens is 1. The van der Waals surface area contributed by atoms with Crippen LogP contribution in [0, 0.1) is 0 Å². The summed E-state index contributed by atoms with van der Waals surface area (Å²) in [6.45, 7) is 0. The summed E-state index contributed by atoms with van der Waals surface area (Å²) in [5, 5.41) is 5.72. The van der Waals surface area contributed by atoms with E-state index in [9.17, 15) is 9.59 Å². The van der Waals surface area contributed by atoms with Crippen LogP contribution in [0.25, 0.3) is 22.0 Å². The van der Waals surface area contributed by atoms with Crippen LogP contribution in [-0.2, 0) is 0 Å². The van der Waals surface area contributed by atoms with Crippen molar-refractivity contribution in [1.29, 1.82) is 0 Å². The number of carbonyl (C=O) groups is 2. The first kappa shape index (κ1) is 27.7. The number of hydrogen-bond acceptors (Lipinski definition) is 5. The Kier molecular flexibility index (Phi) is 8.29. The Morgan fingerprint density at radius 1 is 0.974 bits per heavy atom. The van der Waals surface area contributed by atoms with Crippen LogP contribution in [0.15, 0.2) is 89.9 Å². The molecule has 12 heteroatoms. The predicted molar refractivity (Wildman–Crippen MR) is 162 cm³/mol. The first-order valence-corrected chi connectivity index (χ1v) is 14.2. The van der Waals surface area contributed by atoms with Gasteiger partial charge in [0.2, 0.25) is 5.76 Å². The highest BCUT2D eigenvalue weighted by Crippen LogP contribution is 2.40. The van der Waals surface area contributed by atoms with Crippen LogP contribution in [0.4, 0.5) is 0 Å². The van der Waals surface area contributed by atoms with Crippen molar-refractivity contribution in [2.24, 2.45) is 5.10 Å². The average Bonchev–Trinajstić information content (AvgIpc) is 3.55. The van der Waals surface area contributed by atoms with Gasteiger partial charge in [-0.3, -0.25) is 4.79 Å². The molecule has 0 saturated heterocycles. The first-order valence-electron chi connectivity index (χ1n) is 11.1. The fourth-order valence-electron chi connectivity index (χ4n) is 3.87. The molecule has 0 atom stereocenters. The smallest absolute Gasteiger partial charge is 0.379 e. The number of nitrogens with one attached hydrogen (secondary N) is 2. The Morgan fingerprint density at radius 3 is 2.49 bits per heavy atom. The lowest BCUT2D eigenvalue weighted by Gasteiger charge is -2.10. The third kappa shape index (κ3) is 5.85. The zero-order valence-electron chi connectivity index (χ0n) is 19.4. The number of carbonyl (C=O) groups excluding carboxylic acids is 2. The number of aromatic amines is 1. The Labute approximate surface area is 256 Å². The van der Waals surface area contributed by atoms with E-state index >= 15 is 0 Å². The van der Waals surface area contributed by atoms with Crippen LogP contribution in [0.3, 0.4) is 0 Å². The molecule has 0 saturated carbocycles. The molecule has 1 amide bonds. The van der Waals surface area contributed by atoms with E-state index in [2.05, 4.69) is 63.3 Å². The van der Waals surface area contributed by atoms with E-state index in [1.54, 1.807) is 36.4 Å². The molecule has 0 aliphatic carbocycles. The van der Waals surface area contributed by atoms with Gasteiger partial charge >= 0.3 is 5.97 Å². The maximum absolute atomic E-state index is 13.4. The normalized spacial score (nSPS) is 11.3. The molecule has 2 heterocycles. The molecule has 0 unspecified atom stereocenters. The van der Waals surface area contributed by atoms with Gasteiger partial charge in [-0.1, -0.05) is 73.3 Å². The molecule has 0 spiro atoms. The lowest BCUT2D eigenvalue weighted by atomic mass is 10.0. The molecule has 7 nitrogen and oxygen atoms in total. The Bertz CT molecular complexity index is 1770. The van der Waals surface area contributed by atoms with Crippen LogP contribution in [-0.4, -0.2) is 23.1 Å². The van der Waals surface area contributed by atoms with Gasteiger partial charge < -0.3 is 14.1 Å². The Balaban J connectivity index is 1.49. The number of amides is 1. The second-order valence-electron chi connectivity index (χ2n) is 8.04. The molecule has 0 fully saturated rings. The quantitative estimate of drug-likeness (QED) is 0.0783. The third-order valence-electron chi connectivity index (χ3n) is 5.52. The highest BCUT2D eigenvalue weighted by molar-refractivity contribution is 9.11. The monoisotopic (exact) mass is 751 g/mol. The van der Waals surface area contributed by atoms with Gasteiger partial charge in [-0.2, -0.15) is 5.10 Å². The molecule has 5 rings (SSSR count). The van der Waals surface area contributed by atoms with Gasteiger partial charge in [-0.25, -0.2) is 10.2 Å². The second kappa shape index (κ2) is 11.7. The van der Waals surface area contributed by atoms with E-state index in [0.717, 1.165) is 4.47 Å². The van der Waals surface area contributed by atoms with E-state index in [1.807, 2.05) is 18.2 Å². The van der Waals surface area contributed by atoms with Crippen molar-refractivity contribution in [2.75, 3.05) is 0 Å². The van der Waals surface area contributed by atoms with Crippen LogP contribution in [0.2, 0.25) is 10.0 Å². The van der Waals surface area contributed by atoms with Gasteiger partial charge in [0.25, 0.3) is 5.91 Å². The van der Waals surface area contributed by atoms with Crippen molar-refractivity contribution in [1.82, 2.24) is 10.4 Å². The predicted octanol–water partition coefficient (Wildman–Crippen LogP) is 9.01. The Morgan fingerprint density at radius 2 is 1.74 bits per heavy atom. The van der Waals surface area contributed by atoms with Gasteiger partial charge in [-0.05, 0) is 58.4 Å². The zero-order valence-corrected chi connectivity index (χ0v) is 25.7. The molecular formula is C27H14Br3Cl2N3O4. The number of nitrogens with zero attached hydrogens (tertiary/aromatic N) is 1. The molecule has 2 N–H and O–H groups in total. The molecule has 0 bridgehead atoms. The van der Waals surface area contributed by atoms with Crippen LogP contribution >= 0.6 is 71.0 Å². The number of hydrogen-bond donors (Lipinski definition) is 2. The van der Waals surface area contributed by atoms with Gasteiger partial charge in [0.15, 0.2) is 5.75 Å². The number of rotatable bonds is 6. The molecule has 3 aromatic carbocycles. The SMILES string of the molecule is O=C(Oc1c(Br)cc(Br)cc1C=NNC(=O)c1[nH]c2c(Cl)cc(Br)cc2c1-c1ccccc1Cl)c1ccco1. The standard InChI is InChI=1S/C27H14Br3Cl2N3O4/c28-14-8-13(25(18(30)10-14)39-27(37)21-6-3-7-38-21)12-33-35-26(36)24-22(16-4-1-2-5-19(16)31)17-9-15(29)11-20(32)23(17)34-24/h1-12,34H,(H,35,36). The highest BCUT2D eigenvalue weighted by atomic mass is 79.9. The topological polar surface area (TPSA) is 96.7 Å². The number of esters is 1. The minimum absolute atomic E-state index is 0.0391. The summed E-state index contributed by atoms with van der Waals surface area (Å²) in [6, 6.07) is 17.2. The summed E-state index contributed by atoms with van der Waals surface area (Å²) >= 11 is 23.3. The van der Waals surface area contributed by atoms with Crippen molar-refractivity contribution in [2.45, 2.75) is 0 Å². The third-order valence-corrected chi connectivity index (χ3v) is 7.65. The number of hydrazone groups is 1. The van der Waals surface area contributed by atoms with Gasteiger partial charge in [0.1, 0.15) is 5.69 Å². The zero-order chi connectivity index (χ0) is 27.7. The maximum Gasteiger partial charge on any atom is 0.379 e. The van der Waals surface area contributed by atoms with Crippen molar-refractivity contribution in [3.05, 3.63) is 107 Å². The summed E-state index contributed by atoms with van der Waals surface area (Å²) < 4.78 is 12.6. The Hall–Kier alpha value is -2.89. The fraction of sp³-hybridized carbons (Fsp3) is 0. The largest absolute Gasteiger partial charge is 0.457 e. The lowest BCUT2D eigenvalue weighted by Crippen LogP contribution is -2.19. The fourth-order valence-corrected chi connectivity index (χ4v) is 6.30. The molecular weight excluding hydrogens is 741 g/mol. The number of ether oxygens (including phenoxy) is 1. The van der Waals surface area contributed by atoms with Crippen molar-refractivity contribution in [3.63, 3.8) is 0 Å². The summed E-state index contributed by atoms with van der Waals surface area (Å²) in [5.74, 6) is -0.992. The van der Waals surface area contributed by atoms with Crippen molar-refractivity contribution < 1.29 is 18.7 Å². The molecule has 5 aromatic rings. The van der Waals surface area contributed by atoms with Crippen LogP contribution in [0.1, 0.15) is 26.6 Å². The van der Waals surface area contributed by atoms with Gasteiger partial charge in [-0.15, -0.1) is 0 Å². The summed E-state index contributed by atoms with van der Waals surface area (Å²) in [6.07, 6.45) is 2.73. The minimum Gasteiger partial charge on any atom is -0.457 e. The van der Waals surface area contributed by atoms with E-state index in [0.29, 0.717) is 46.6 Å². The first-order chi connectivity index (χ1) is 18.7. The molecule has 196 valence electrons. The molecule has 39 heavy (non-hydrogen) atoms. The number of fused-ring (bicyclic) bond motifs is 1. The summed E-state index contributed by atoms with van der Waals surface area (Å²) in [7, 11) is 0. The van der Waals surface area contributed by atoms with E-state index < -0.39 is 11.9 Å². The van der Waals surface area contributed by atoms with Gasteiger partial charge in [0.05, 0.1) is 27.5 Å². The van der Waals surface area contributed by atoms with E-state index in [-0.39, 0.29) is 17.2 Å². The minimum atomic E-state index is -0.688. The number of aromatic nitrogens is 1. The molecule has 0 aliphatic heterocycles. The van der Waals surface area contributed by atoms with Gasteiger partial charge in [0, 0.05) is 36.0 Å². The van der Waals surface area contributed by atoms with Crippen molar-refractivity contribution >= 4 is 100.0 Å². The number of benzene rings is 3. The molecule has 0 radical (unpaired) electrons. The van der Waals surface area contributed by atoms with Crippen molar-refractivity contribution in [3.8, 4) is 16.9 Å². The average molecular weight is 755 g/mol. The highest BCUT2D eigenvalue weighted by Gasteiger charge is 2.23. The summed E-state index contributed by atoms with van der Waals surface area (Å²) in [5.41, 5.74) is 4.96. The van der Waals surface area contributed by atoms with E-state index in [1.165, 1.54) is 18.5 Å². The maximum atomic E-state index is 13.4. The van der Waals surface area contributed by atoms with Crippen LogP contribution in [0.5, 0.6) is 5.75 Å². The molecule has 2 aromatic heterocycles. The second-order valence-corrected chi connectivity index (χ2v) is 11.5. The van der Waals surface area contributed by atoms with E-state index in [4.69, 9.17) is 32.4 Å². The number of halogens is 5. The lowest BCUT2D eigenvalue weighted by molar-refractivity contribution is 0.0699.